The zero-order chi connectivity index (χ0) is 6.85. The van der Waals surface area contributed by atoms with Crippen molar-refractivity contribution < 1.29 is 10.9 Å². The van der Waals surface area contributed by atoms with Gasteiger partial charge in [-0.1, -0.05) is 6.92 Å². The molecule has 1 rings (SSSR count). The Kier molecular flexibility index (Phi) is 1.18. The van der Waals surface area contributed by atoms with Crippen LogP contribution in [0.25, 0.3) is 0 Å². The van der Waals surface area contributed by atoms with Gasteiger partial charge < -0.3 is 4.74 Å². The molecule has 2 nitrogen and oxygen atoms in total. The summed E-state index contributed by atoms with van der Waals surface area (Å²) in [6, 6.07) is 0. The Labute approximate surface area is 50.2 Å². The Morgan fingerprint density at radius 2 is 2.88 bits per heavy atom. The molecule has 0 spiro atoms. The quantitative estimate of drug-likeness (QED) is 0.476. The highest BCUT2D eigenvalue weighted by atomic mass is 16.5. The molecule has 1 heterocycles. The van der Waals surface area contributed by atoms with Gasteiger partial charge >= 0.3 is 5.97 Å². The molecule has 0 amide bonds. The Morgan fingerprint density at radius 1 is 2.12 bits per heavy atom. The first-order chi connectivity index (χ1) is 4.25. The van der Waals surface area contributed by atoms with Gasteiger partial charge in [0.15, 0.2) is 0 Å². The fourth-order valence-corrected chi connectivity index (χ4v) is 0.783. The van der Waals surface area contributed by atoms with Crippen LogP contribution in [0, 0.1) is 5.92 Å². The van der Waals surface area contributed by atoms with Crippen LogP contribution >= 0.6 is 0 Å². The highest BCUT2D eigenvalue weighted by Crippen LogP contribution is 2.16. The van der Waals surface area contributed by atoms with Crippen LogP contribution in [0.1, 0.15) is 21.1 Å². The van der Waals surface area contributed by atoms with Crippen molar-refractivity contribution in [2.45, 2.75) is 19.7 Å². The van der Waals surface area contributed by atoms with Crippen molar-refractivity contribution >= 4 is 5.97 Å². The first-order valence-electron chi connectivity index (χ1n) is 3.42. The van der Waals surface area contributed by atoms with Crippen LogP contribution in [0.15, 0.2) is 0 Å². The summed E-state index contributed by atoms with van der Waals surface area (Å²) in [6.45, 7) is 2.19. The lowest BCUT2D eigenvalue weighted by Crippen LogP contribution is -2.04. The van der Waals surface area contributed by atoms with Gasteiger partial charge in [-0.2, -0.15) is 0 Å². The molecule has 2 atom stereocenters. The molecule has 1 fully saturated rings. The number of esters is 1. The summed E-state index contributed by atoms with van der Waals surface area (Å²) in [6.07, 6.45) is 0.412. The molecule has 46 valence electrons. The highest BCUT2D eigenvalue weighted by molar-refractivity contribution is 5.73. The third kappa shape index (κ3) is 0.831. The number of cyclic esters (lactones) is 1. The second-order valence-corrected chi connectivity index (χ2v) is 1.88. The predicted molar refractivity (Wildman–Crippen MR) is 29.4 cm³/mol. The summed E-state index contributed by atoms with van der Waals surface area (Å²) in [5.74, 6) is -0.359. The van der Waals surface area contributed by atoms with Crippen LogP contribution in [-0.2, 0) is 9.53 Å². The first-order valence-corrected chi connectivity index (χ1v) is 2.84. The van der Waals surface area contributed by atoms with Crippen LogP contribution in [-0.4, -0.2) is 12.6 Å². The minimum Gasteiger partial charge on any atom is -0.465 e. The Bertz CT molecular complexity index is 124. The molecule has 1 aliphatic rings. The molecule has 0 radical (unpaired) electrons. The van der Waals surface area contributed by atoms with Crippen molar-refractivity contribution in [2.24, 2.45) is 5.92 Å². The summed E-state index contributed by atoms with van der Waals surface area (Å²) in [4.78, 5) is 10.7. The van der Waals surface area contributed by atoms with Crippen molar-refractivity contribution in [3.8, 4) is 0 Å². The van der Waals surface area contributed by atoms with Gasteiger partial charge in [-0.05, 0) is 12.8 Å². The zero-order valence-electron chi connectivity index (χ0n) is 5.89. The van der Waals surface area contributed by atoms with E-state index in [1.54, 1.807) is 0 Å². The van der Waals surface area contributed by atoms with Crippen LogP contribution in [0.3, 0.4) is 0 Å². The maximum Gasteiger partial charge on any atom is 0.309 e. The van der Waals surface area contributed by atoms with Crippen LogP contribution in [0.2, 0.25) is 0 Å². The van der Waals surface area contributed by atoms with Gasteiger partial charge in [0, 0.05) is 1.37 Å². The first kappa shape index (κ1) is 4.36. The Morgan fingerprint density at radius 3 is 3.12 bits per heavy atom. The number of rotatable bonds is 1. The smallest absolute Gasteiger partial charge is 0.309 e. The second-order valence-electron chi connectivity index (χ2n) is 1.88. The van der Waals surface area contributed by atoms with Crippen molar-refractivity contribution in [1.29, 1.82) is 0 Å². The van der Waals surface area contributed by atoms with Gasteiger partial charge in [-0.25, -0.2) is 0 Å². The number of ether oxygens (including phenoxy) is 1. The van der Waals surface area contributed by atoms with Crippen LogP contribution in [0.4, 0.5) is 0 Å². The van der Waals surface area contributed by atoms with E-state index >= 15 is 0 Å². The average Bonchev–Trinajstić information content (AvgIpc) is 2.12. The lowest BCUT2D eigenvalue weighted by atomic mass is 10.1. The van der Waals surface area contributed by atoms with E-state index in [0.717, 1.165) is 6.42 Å². The van der Waals surface area contributed by atoms with Gasteiger partial charge in [0.1, 0.15) is 0 Å². The van der Waals surface area contributed by atoms with Gasteiger partial charge in [-0.3, -0.25) is 4.79 Å². The summed E-state index contributed by atoms with van der Waals surface area (Å²) < 4.78 is 11.9. The van der Waals surface area contributed by atoms with E-state index in [1.807, 2.05) is 6.92 Å². The number of carbonyl (C=O) groups is 1. The molecule has 2 heteroatoms. The molecule has 1 saturated heterocycles. The second kappa shape index (κ2) is 2.16. The molecule has 0 saturated carbocycles. The van der Waals surface area contributed by atoms with E-state index in [9.17, 15) is 4.79 Å². The van der Waals surface area contributed by atoms with E-state index < -0.39 is 0 Å². The maximum atomic E-state index is 10.7. The molecule has 0 bridgehead atoms. The zero-order valence-corrected chi connectivity index (χ0v) is 4.89. The molecule has 0 N–H and O–H groups in total. The minimum atomic E-state index is -0.317. The molecular weight excluding hydrogens is 104 g/mol. The third-order valence-electron chi connectivity index (χ3n) is 1.35. The van der Waals surface area contributed by atoms with Gasteiger partial charge in [0.2, 0.25) is 0 Å². The van der Waals surface area contributed by atoms with Crippen molar-refractivity contribution in [2.75, 3.05) is 6.61 Å². The third-order valence-corrected chi connectivity index (χ3v) is 1.35. The molecule has 8 heavy (non-hydrogen) atoms. The van der Waals surface area contributed by atoms with Crippen molar-refractivity contribution in [3.05, 3.63) is 0 Å². The summed E-state index contributed by atoms with van der Waals surface area (Å²) >= 11 is 0. The summed E-state index contributed by atoms with van der Waals surface area (Å²) in [7, 11) is 0. The van der Waals surface area contributed by atoms with Crippen LogP contribution in [0.5, 0.6) is 0 Å². The molecule has 0 aromatic carbocycles. The maximum absolute atomic E-state index is 10.7. The SMILES string of the molecule is [2H]C1COC(=O)[C@H]1CC. The topological polar surface area (TPSA) is 26.3 Å². The standard InChI is InChI=1S/C6H10O2/c1-2-5-3-4-8-6(5)7/h5H,2-4H2,1H3/t5-/m0/s1/i3D/t3?,5-. The van der Waals surface area contributed by atoms with Gasteiger partial charge in [-0.15, -0.1) is 0 Å². The molecule has 1 unspecified atom stereocenters. The van der Waals surface area contributed by atoms with E-state index in [4.69, 9.17) is 1.37 Å². The monoisotopic (exact) mass is 115 g/mol. The van der Waals surface area contributed by atoms with E-state index in [0.29, 0.717) is 0 Å². The van der Waals surface area contributed by atoms with E-state index in [2.05, 4.69) is 4.74 Å². The largest absolute Gasteiger partial charge is 0.465 e. The minimum absolute atomic E-state index is 0.162. The summed E-state index contributed by atoms with van der Waals surface area (Å²) in [5, 5.41) is 0. The molecule has 0 aliphatic carbocycles. The van der Waals surface area contributed by atoms with Crippen molar-refractivity contribution in [1.82, 2.24) is 0 Å². The van der Waals surface area contributed by atoms with Crippen molar-refractivity contribution in [3.63, 3.8) is 0 Å². The fourth-order valence-electron chi connectivity index (χ4n) is 0.783. The van der Waals surface area contributed by atoms with Crippen LogP contribution < -0.4 is 0 Å². The molecular formula is C6H10O2. The Balaban J connectivity index is 2.55. The van der Waals surface area contributed by atoms with Gasteiger partial charge in [0.25, 0.3) is 0 Å². The van der Waals surface area contributed by atoms with Gasteiger partial charge in [0.05, 0.1) is 12.5 Å². The Hall–Kier alpha value is -0.530. The average molecular weight is 115 g/mol. The molecule has 1 aliphatic heterocycles. The lowest BCUT2D eigenvalue weighted by Gasteiger charge is -1.95. The molecule has 0 aromatic heterocycles. The highest BCUT2D eigenvalue weighted by Gasteiger charge is 2.23. The van der Waals surface area contributed by atoms with E-state index in [1.165, 1.54) is 0 Å². The normalized spacial score (nSPS) is 39.1. The number of carbonyl (C=O) groups excluding carboxylic acids is 1. The fraction of sp³-hybridized carbons (Fsp3) is 0.833. The summed E-state index contributed by atoms with van der Waals surface area (Å²) in [5.41, 5.74) is 0. The predicted octanol–water partition coefficient (Wildman–Crippen LogP) is 0.960. The number of hydrogen-bond acceptors (Lipinski definition) is 2. The molecule has 0 aromatic rings. The number of hydrogen-bond donors (Lipinski definition) is 0. The lowest BCUT2D eigenvalue weighted by molar-refractivity contribution is -0.141. The van der Waals surface area contributed by atoms with E-state index in [-0.39, 0.29) is 24.9 Å².